The molecule has 0 saturated carbocycles. The zero-order valence-electron chi connectivity index (χ0n) is 19.4. The molecule has 0 N–H and O–H groups in total. The van der Waals surface area contributed by atoms with Crippen LogP contribution in [0.15, 0.2) is 47.0 Å². The third-order valence-electron chi connectivity index (χ3n) is 6.07. The molecule has 1 fully saturated rings. The van der Waals surface area contributed by atoms with Crippen molar-refractivity contribution in [1.82, 2.24) is 29.6 Å². The zero-order valence-corrected chi connectivity index (χ0v) is 19.4. The summed E-state index contributed by atoms with van der Waals surface area (Å²) < 4.78 is 7.93. The van der Waals surface area contributed by atoms with Crippen LogP contribution >= 0.6 is 0 Å². The van der Waals surface area contributed by atoms with Crippen molar-refractivity contribution in [2.24, 2.45) is 0 Å². The number of anilines is 1. The average Bonchev–Trinajstić information content (AvgIpc) is 3.57. The smallest absolute Gasteiger partial charge is 0.200 e. The van der Waals surface area contributed by atoms with Crippen LogP contribution in [-0.2, 0) is 19.4 Å². The Bertz CT molecular complexity index is 1160. The summed E-state index contributed by atoms with van der Waals surface area (Å²) in [7, 11) is 4.18. The highest BCUT2D eigenvalue weighted by Gasteiger charge is 2.16. The van der Waals surface area contributed by atoms with E-state index >= 15 is 0 Å². The number of pyridine rings is 1. The number of rotatable bonds is 9. The molecule has 4 heterocycles. The molecule has 172 valence electrons. The molecule has 0 atom stereocenters. The fourth-order valence-electron chi connectivity index (χ4n) is 4.31. The lowest BCUT2D eigenvalue weighted by molar-refractivity contribution is 0.377. The molecule has 0 radical (unpaired) electrons. The van der Waals surface area contributed by atoms with E-state index in [1.807, 2.05) is 41.2 Å². The molecule has 0 unspecified atom stereocenters. The molecule has 1 aliphatic rings. The number of hydrogen-bond acceptors (Lipinski definition) is 7. The van der Waals surface area contributed by atoms with E-state index in [-0.39, 0.29) is 0 Å². The summed E-state index contributed by atoms with van der Waals surface area (Å²) >= 11 is 0. The second-order valence-electron chi connectivity index (χ2n) is 8.90. The van der Waals surface area contributed by atoms with Gasteiger partial charge in [0.2, 0.25) is 0 Å². The maximum Gasteiger partial charge on any atom is 0.200 e. The van der Waals surface area contributed by atoms with Crippen molar-refractivity contribution in [2.75, 3.05) is 38.6 Å². The first-order valence-corrected chi connectivity index (χ1v) is 11.8. The Hall–Kier alpha value is -3.26. The van der Waals surface area contributed by atoms with Crippen LogP contribution in [0, 0.1) is 0 Å². The Morgan fingerprint density at radius 3 is 2.61 bits per heavy atom. The van der Waals surface area contributed by atoms with Crippen molar-refractivity contribution < 1.29 is 4.42 Å². The molecule has 0 amide bonds. The molecule has 0 aliphatic carbocycles. The van der Waals surface area contributed by atoms with E-state index in [0.29, 0.717) is 18.7 Å². The zero-order chi connectivity index (χ0) is 22.6. The average molecular weight is 446 g/mol. The maximum absolute atomic E-state index is 5.90. The Balaban J connectivity index is 1.34. The van der Waals surface area contributed by atoms with Crippen molar-refractivity contribution in [3.05, 3.63) is 54.3 Å². The highest BCUT2D eigenvalue weighted by atomic mass is 16.3. The SMILES string of the molecule is CN(C)CCCn1nc(-c2ccc(N3CCCC3)cn2)nc1CCc1nc2ccccc2o1. The van der Waals surface area contributed by atoms with E-state index in [1.54, 1.807) is 0 Å². The predicted molar refractivity (Wildman–Crippen MR) is 129 cm³/mol. The molecular formula is C25H31N7O. The molecular weight excluding hydrogens is 414 g/mol. The van der Waals surface area contributed by atoms with E-state index in [4.69, 9.17) is 14.5 Å². The van der Waals surface area contributed by atoms with Crippen LogP contribution in [0.1, 0.15) is 31.0 Å². The third kappa shape index (κ3) is 5.06. The third-order valence-corrected chi connectivity index (χ3v) is 6.07. The fraction of sp³-hybridized carbons (Fsp3) is 0.440. The minimum atomic E-state index is 0.681. The Morgan fingerprint density at radius 2 is 1.85 bits per heavy atom. The van der Waals surface area contributed by atoms with Crippen LogP contribution in [0.4, 0.5) is 5.69 Å². The monoisotopic (exact) mass is 445 g/mol. The Kier molecular flexibility index (Phi) is 6.35. The van der Waals surface area contributed by atoms with Gasteiger partial charge < -0.3 is 14.2 Å². The summed E-state index contributed by atoms with van der Waals surface area (Å²) in [4.78, 5) is 18.7. The molecule has 8 heteroatoms. The first-order valence-electron chi connectivity index (χ1n) is 11.8. The van der Waals surface area contributed by atoms with E-state index in [9.17, 15) is 0 Å². The topological polar surface area (TPSA) is 76.1 Å². The van der Waals surface area contributed by atoms with Crippen LogP contribution in [0.2, 0.25) is 0 Å². The predicted octanol–water partition coefficient (Wildman–Crippen LogP) is 3.82. The molecule has 0 spiro atoms. The van der Waals surface area contributed by atoms with Crippen molar-refractivity contribution in [1.29, 1.82) is 0 Å². The van der Waals surface area contributed by atoms with Gasteiger partial charge in [-0.2, -0.15) is 0 Å². The van der Waals surface area contributed by atoms with Crippen LogP contribution in [-0.4, -0.2) is 63.4 Å². The second kappa shape index (κ2) is 9.70. The molecule has 8 nitrogen and oxygen atoms in total. The van der Waals surface area contributed by atoms with Gasteiger partial charge in [-0.15, -0.1) is 5.10 Å². The summed E-state index contributed by atoms with van der Waals surface area (Å²) in [6, 6.07) is 12.0. The Labute approximate surface area is 194 Å². The first-order chi connectivity index (χ1) is 16.2. The standard InChI is InChI=1S/C25H31N7O/c1-30(2)14-7-17-32-23(12-13-24-27-20-8-3-4-9-22(20)33-24)28-25(29-32)21-11-10-19(18-26-21)31-15-5-6-16-31/h3-4,8-11,18H,5-7,12-17H2,1-2H3. The van der Waals surface area contributed by atoms with Crippen molar-refractivity contribution in [2.45, 2.75) is 38.6 Å². The number of para-hydroxylation sites is 2. The van der Waals surface area contributed by atoms with Crippen molar-refractivity contribution in [3.63, 3.8) is 0 Å². The number of benzene rings is 1. The number of hydrogen-bond donors (Lipinski definition) is 0. The van der Waals surface area contributed by atoms with E-state index in [1.165, 1.54) is 18.5 Å². The molecule has 1 saturated heterocycles. The van der Waals surface area contributed by atoms with E-state index in [0.717, 1.165) is 61.1 Å². The van der Waals surface area contributed by atoms with Crippen molar-refractivity contribution >= 4 is 16.8 Å². The van der Waals surface area contributed by atoms with Crippen LogP contribution in [0.3, 0.4) is 0 Å². The number of nitrogens with zero attached hydrogens (tertiary/aromatic N) is 7. The summed E-state index contributed by atoms with van der Waals surface area (Å²) in [5.74, 6) is 2.35. The summed E-state index contributed by atoms with van der Waals surface area (Å²) in [5, 5.41) is 4.82. The highest BCUT2D eigenvalue weighted by Crippen LogP contribution is 2.22. The number of aromatic nitrogens is 5. The lowest BCUT2D eigenvalue weighted by Gasteiger charge is -2.16. The summed E-state index contributed by atoms with van der Waals surface area (Å²) in [5.41, 5.74) is 3.70. The van der Waals surface area contributed by atoms with E-state index < -0.39 is 0 Å². The normalized spacial score (nSPS) is 14.1. The first kappa shape index (κ1) is 21.6. The van der Waals surface area contributed by atoms with Crippen LogP contribution in [0.25, 0.3) is 22.6 Å². The van der Waals surface area contributed by atoms with Gasteiger partial charge in [-0.1, -0.05) is 12.1 Å². The minimum absolute atomic E-state index is 0.681. The summed E-state index contributed by atoms with van der Waals surface area (Å²) in [6.45, 7) is 4.04. The Morgan fingerprint density at radius 1 is 1.00 bits per heavy atom. The molecule has 1 aliphatic heterocycles. The molecule has 3 aromatic heterocycles. The van der Waals surface area contributed by atoms with Crippen LogP contribution in [0.5, 0.6) is 0 Å². The van der Waals surface area contributed by atoms with Gasteiger partial charge in [-0.3, -0.25) is 4.98 Å². The molecule has 4 aromatic rings. The van der Waals surface area contributed by atoms with E-state index in [2.05, 4.69) is 39.9 Å². The molecule has 0 bridgehead atoms. The molecule has 33 heavy (non-hydrogen) atoms. The number of aryl methyl sites for hydroxylation is 3. The second-order valence-corrected chi connectivity index (χ2v) is 8.90. The van der Waals surface area contributed by atoms with Crippen molar-refractivity contribution in [3.8, 4) is 11.5 Å². The van der Waals surface area contributed by atoms with Gasteiger partial charge in [0.1, 0.15) is 17.0 Å². The lowest BCUT2D eigenvalue weighted by Crippen LogP contribution is -2.17. The number of oxazole rings is 1. The highest BCUT2D eigenvalue weighted by molar-refractivity contribution is 5.72. The van der Waals surface area contributed by atoms with Gasteiger partial charge in [0, 0.05) is 32.5 Å². The van der Waals surface area contributed by atoms with Gasteiger partial charge >= 0.3 is 0 Å². The fourth-order valence-corrected chi connectivity index (χ4v) is 4.31. The lowest BCUT2D eigenvalue weighted by atomic mass is 10.3. The largest absolute Gasteiger partial charge is 0.441 e. The van der Waals surface area contributed by atoms with Gasteiger partial charge in [0.25, 0.3) is 0 Å². The molecule has 1 aromatic carbocycles. The number of fused-ring (bicyclic) bond motifs is 1. The maximum atomic E-state index is 5.90. The quantitative estimate of drug-likeness (QED) is 0.388. The summed E-state index contributed by atoms with van der Waals surface area (Å²) in [6.07, 6.45) is 6.86. The van der Waals surface area contributed by atoms with Crippen LogP contribution < -0.4 is 4.90 Å². The van der Waals surface area contributed by atoms with Gasteiger partial charge in [-0.25, -0.2) is 14.6 Å². The van der Waals surface area contributed by atoms with Gasteiger partial charge in [0.05, 0.1) is 11.9 Å². The minimum Gasteiger partial charge on any atom is -0.441 e. The van der Waals surface area contributed by atoms with Gasteiger partial charge in [-0.05, 0) is 64.2 Å². The van der Waals surface area contributed by atoms with Gasteiger partial charge in [0.15, 0.2) is 17.3 Å². The molecule has 5 rings (SSSR count).